The largest absolute Gasteiger partial charge is 0.355 e. The van der Waals surface area contributed by atoms with Gasteiger partial charge in [0.1, 0.15) is 17.7 Å². The fourth-order valence-corrected chi connectivity index (χ4v) is 4.69. The maximum absolute atomic E-state index is 14.1. The topological polar surface area (TPSA) is 83.7 Å². The van der Waals surface area contributed by atoms with E-state index < -0.39 is 0 Å². The Morgan fingerprint density at radius 2 is 1.90 bits per heavy atom. The molecule has 0 amide bonds. The van der Waals surface area contributed by atoms with E-state index in [2.05, 4.69) is 43.0 Å². The first-order chi connectivity index (χ1) is 15.1. The van der Waals surface area contributed by atoms with Gasteiger partial charge in [-0.25, -0.2) is 19.3 Å². The Bertz CT molecular complexity index is 1230. The number of nitrogens with zero attached hydrogens (tertiary/aromatic N) is 4. The van der Waals surface area contributed by atoms with Gasteiger partial charge in [0.2, 0.25) is 0 Å². The Hall–Kier alpha value is -3.32. The normalized spacial score (nSPS) is 16.0. The van der Waals surface area contributed by atoms with Gasteiger partial charge in [0.05, 0.1) is 6.33 Å². The summed E-state index contributed by atoms with van der Waals surface area (Å²) < 4.78 is 14.1. The Morgan fingerprint density at radius 1 is 1.10 bits per heavy atom. The number of aromatic nitrogens is 4. The molecular formula is C24H25FN6. The summed E-state index contributed by atoms with van der Waals surface area (Å²) in [4.78, 5) is 18.4. The summed E-state index contributed by atoms with van der Waals surface area (Å²) in [7, 11) is 0. The number of rotatable bonds is 4. The maximum Gasteiger partial charge on any atom is 0.182 e. The first-order valence-corrected chi connectivity index (χ1v) is 10.6. The van der Waals surface area contributed by atoms with Crippen molar-refractivity contribution in [3.8, 4) is 11.1 Å². The fourth-order valence-electron chi connectivity index (χ4n) is 4.69. The number of fused-ring (bicyclic) bond motifs is 1. The molecule has 3 heterocycles. The van der Waals surface area contributed by atoms with Crippen LogP contribution in [0.25, 0.3) is 22.3 Å². The molecule has 0 spiro atoms. The second kappa shape index (κ2) is 7.74. The number of imidazole rings is 1. The molecule has 5 rings (SSSR count). The van der Waals surface area contributed by atoms with E-state index >= 15 is 0 Å². The van der Waals surface area contributed by atoms with E-state index in [4.69, 9.17) is 5.73 Å². The van der Waals surface area contributed by atoms with Crippen LogP contribution in [0.1, 0.15) is 24.0 Å². The molecule has 2 aromatic carbocycles. The predicted octanol–water partition coefficient (Wildman–Crippen LogP) is 3.96. The Kier molecular flexibility index (Phi) is 4.90. The van der Waals surface area contributed by atoms with Crippen LogP contribution in [-0.4, -0.2) is 39.6 Å². The second-order valence-corrected chi connectivity index (χ2v) is 8.26. The summed E-state index contributed by atoms with van der Waals surface area (Å²) in [5, 5.41) is 0. The van der Waals surface area contributed by atoms with Crippen molar-refractivity contribution in [1.29, 1.82) is 0 Å². The summed E-state index contributed by atoms with van der Waals surface area (Å²) in [6.45, 7) is 4.07. The smallest absolute Gasteiger partial charge is 0.182 e. The quantitative estimate of drug-likeness (QED) is 0.526. The average Bonchev–Trinajstić information content (AvgIpc) is 3.30. The molecule has 1 aliphatic rings. The lowest BCUT2D eigenvalue weighted by Gasteiger charge is -2.42. The van der Waals surface area contributed by atoms with Crippen LogP contribution in [0, 0.1) is 12.7 Å². The lowest BCUT2D eigenvalue weighted by molar-refractivity contribution is 0.339. The van der Waals surface area contributed by atoms with Gasteiger partial charge in [-0.2, -0.15) is 0 Å². The van der Waals surface area contributed by atoms with Crippen molar-refractivity contribution in [2.45, 2.75) is 25.2 Å². The summed E-state index contributed by atoms with van der Waals surface area (Å²) in [6, 6.07) is 13.7. The number of nitrogens with one attached hydrogen (secondary N) is 1. The minimum atomic E-state index is -0.181. The predicted molar refractivity (Wildman–Crippen MR) is 120 cm³/mol. The number of aromatic amines is 1. The number of H-pyrrole nitrogens is 1. The number of hydrogen-bond acceptors (Lipinski definition) is 5. The second-order valence-electron chi connectivity index (χ2n) is 8.26. The molecule has 158 valence electrons. The molecule has 4 aromatic rings. The molecule has 1 fully saturated rings. The standard InChI is InChI=1S/C24H25FN6/c1-16-19(6-3-7-20(16)25)17-4-2-5-18(12-17)24(13-26)8-10-31(11-9-24)23-21-22(28-14-27-21)29-15-30-23/h2-7,12,14-15H,8-11,13,26H2,1H3,(H,27,28,29,30). The maximum atomic E-state index is 14.1. The number of benzene rings is 2. The molecule has 3 N–H and O–H groups in total. The highest BCUT2D eigenvalue weighted by molar-refractivity contribution is 5.82. The van der Waals surface area contributed by atoms with Crippen LogP contribution in [-0.2, 0) is 5.41 Å². The molecule has 0 aliphatic carbocycles. The highest BCUT2D eigenvalue weighted by Gasteiger charge is 2.36. The van der Waals surface area contributed by atoms with Crippen LogP contribution in [0.5, 0.6) is 0 Å². The molecule has 31 heavy (non-hydrogen) atoms. The molecule has 2 aromatic heterocycles. The van der Waals surface area contributed by atoms with E-state index in [0.29, 0.717) is 17.8 Å². The molecule has 1 saturated heterocycles. The summed E-state index contributed by atoms with van der Waals surface area (Å²) >= 11 is 0. The van der Waals surface area contributed by atoms with Gasteiger partial charge in [0.25, 0.3) is 0 Å². The number of piperidine rings is 1. The van der Waals surface area contributed by atoms with Crippen LogP contribution in [0.2, 0.25) is 0 Å². The van der Waals surface area contributed by atoms with E-state index in [1.165, 1.54) is 11.6 Å². The zero-order valence-electron chi connectivity index (χ0n) is 17.5. The van der Waals surface area contributed by atoms with Crippen molar-refractivity contribution in [2.24, 2.45) is 5.73 Å². The van der Waals surface area contributed by atoms with E-state index in [9.17, 15) is 4.39 Å². The van der Waals surface area contributed by atoms with E-state index in [1.807, 2.05) is 19.1 Å². The zero-order chi connectivity index (χ0) is 21.4. The van der Waals surface area contributed by atoms with Crippen molar-refractivity contribution in [2.75, 3.05) is 24.5 Å². The molecular weight excluding hydrogens is 391 g/mol. The van der Waals surface area contributed by atoms with Crippen molar-refractivity contribution >= 4 is 17.0 Å². The van der Waals surface area contributed by atoms with E-state index in [-0.39, 0.29) is 11.2 Å². The Labute approximate surface area is 180 Å². The van der Waals surface area contributed by atoms with Gasteiger partial charge in [-0.15, -0.1) is 0 Å². The number of halogens is 1. The highest BCUT2D eigenvalue weighted by atomic mass is 19.1. The van der Waals surface area contributed by atoms with Gasteiger partial charge in [-0.3, -0.25) is 0 Å². The monoisotopic (exact) mass is 416 g/mol. The van der Waals surface area contributed by atoms with E-state index in [0.717, 1.165) is 48.4 Å². The van der Waals surface area contributed by atoms with E-state index in [1.54, 1.807) is 18.7 Å². The third kappa shape index (κ3) is 3.35. The van der Waals surface area contributed by atoms with Crippen molar-refractivity contribution in [3.63, 3.8) is 0 Å². The Balaban J connectivity index is 1.44. The minimum Gasteiger partial charge on any atom is -0.355 e. The zero-order valence-corrected chi connectivity index (χ0v) is 17.5. The summed E-state index contributed by atoms with van der Waals surface area (Å²) in [5.41, 5.74) is 11.6. The number of anilines is 1. The van der Waals surface area contributed by atoms with Gasteiger partial charge in [-0.05, 0) is 48.1 Å². The minimum absolute atomic E-state index is 0.117. The first-order valence-electron chi connectivity index (χ1n) is 10.6. The van der Waals surface area contributed by atoms with Crippen molar-refractivity contribution in [3.05, 3.63) is 72.1 Å². The van der Waals surface area contributed by atoms with Gasteiger partial charge in [-0.1, -0.05) is 36.4 Å². The van der Waals surface area contributed by atoms with Crippen molar-refractivity contribution < 1.29 is 4.39 Å². The molecule has 0 unspecified atom stereocenters. The third-order valence-corrected chi connectivity index (χ3v) is 6.67. The molecule has 6 nitrogen and oxygen atoms in total. The van der Waals surface area contributed by atoms with Gasteiger partial charge in [0.15, 0.2) is 11.5 Å². The summed E-state index contributed by atoms with van der Waals surface area (Å²) in [6.07, 6.45) is 5.04. The SMILES string of the molecule is Cc1c(F)cccc1-c1cccc(C2(CN)CCN(c3ncnc4nc[nH]c34)CC2)c1. The van der Waals surface area contributed by atoms with Gasteiger partial charge < -0.3 is 15.6 Å². The van der Waals surface area contributed by atoms with Crippen LogP contribution < -0.4 is 10.6 Å². The van der Waals surface area contributed by atoms with Crippen LogP contribution in [0.15, 0.2) is 55.1 Å². The number of hydrogen-bond donors (Lipinski definition) is 2. The Morgan fingerprint density at radius 3 is 2.71 bits per heavy atom. The van der Waals surface area contributed by atoms with Crippen molar-refractivity contribution in [1.82, 2.24) is 19.9 Å². The lowest BCUT2D eigenvalue weighted by Crippen LogP contribution is -2.47. The average molecular weight is 417 g/mol. The highest BCUT2D eigenvalue weighted by Crippen LogP contribution is 2.38. The molecule has 1 aliphatic heterocycles. The van der Waals surface area contributed by atoms with Gasteiger partial charge >= 0.3 is 0 Å². The van der Waals surface area contributed by atoms with Crippen LogP contribution >= 0.6 is 0 Å². The fraction of sp³-hybridized carbons (Fsp3) is 0.292. The van der Waals surface area contributed by atoms with Crippen LogP contribution in [0.3, 0.4) is 0 Å². The van der Waals surface area contributed by atoms with Crippen LogP contribution in [0.4, 0.5) is 10.2 Å². The molecule has 0 saturated carbocycles. The lowest BCUT2D eigenvalue weighted by atomic mass is 9.72. The first kappa shape index (κ1) is 19.6. The molecule has 0 bridgehead atoms. The number of nitrogens with two attached hydrogens (primary N) is 1. The molecule has 7 heteroatoms. The molecule has 0 radical (unpaired) electrons. The molecule has 0 atom stereocenters. The third-order valence-electron chi connectivity index (χ3n) is 6.67. The summed E-state index contributed by atoms with van der Waals surface area (Å²) in [5.74, 6) is 0.706. The van der Waals surface area contributed by atoms with Gasteiger partial charge in [0, 0.05) is 25.0 Å².